The van der Waals surface area contributed by atoms with Crippen molar-refractivity contribution in [2.24, 2.45) is 7.05 Å². The normalized spacial score (nSPS) is 8.12. The third-order valence-corrected chi connectivity index (χ3v) is 0.691. The van der Waals surface area contributed by atoms with Crippen LogP contribution in [0.15, 0.2) is 12.4 Å². The van der Waals surface area contributed by atoms with Gasteiger partial charge in [0.1, 0.15) is 0 Å². The molecule has 0 amide bonds. The molecular weight excluding hydrogens is 115 g/mol. The Hall–Kier alpha value is 0.0100. The molecule has 0 bridgehead atoms. The number of hydrogen-bond acceptors (Lipinski definition) is 2. The Morgan fingerprint density at radius 3 is 2.62 bits per heavy atom. The van der Waals surface area contributed by atoms with Crippen LogP contribution in [0, 0.1) is 0 Å². The molecular formula is C4H7N2NaO. The third kappa shape index (κ3) is 1.86. The predicted molar refractivity (Wildman–Crippen MR) is 26.0 cm³/mol. The van der Waals surface area contributed by atoms with Crippen LogP contribution in [0.2, 0.25) is 0 Å². The summed E-state index contributed by atoms with van der Waals surface area (Å²) in [6, 6.07) is 0. The minimum Gasteiger partial charge on any atom is -1.00 e. The fourth-order valence-corrected chi connectivity index (χ4v) is 0.408. The number of aromatic hydroxyl groups is 1. The van der Waals surface area contributed by atoms with Crippen molar-refractivity contribution < 1.29 is 36.1 Å². The molecule has 1 rings (SSSR count). The van der Waals surface area contributed by atoms with Crippen LogP contribution < -0.4 is 29.6 Å². The molecule has 0 aromatic carbocycles. The third-order valence-electron chi connectivity index (χ3n) is 0.691. The van der Waals surface area contributed by atoms with Gasteiger partial charge in [0.05, 0.1) is 12.4 Å². The summed E-state index contributed by atoms with van der Waals surface area (Å²) >= 11 is 0. The summed E-state index contributed by atoms with van der Waals surface area (Å²) in [5.41, 5.74) is 0. The van der Waals surface area contributed by atoms with Gasteiger partial charge in [0, 0.05) is 7.05 Å². The van der Waals surface area contributed by atoms with E-state index in [-0.39, 0.29) is 36.7 Å². The Bertz CT molecular complexity index is 151. The second kappa shape index (κ2) is 3.12. The van der Waals surface area contributed by atoms with E-state index in [4.69, 9.17) is 5.11 Å². The van der Waals surface area contributed by atoms with Crippen LogP contribution >= 0.6 is 0 Å². The van der Waals surface area contributed by atoms with E-state index in [1.54, 1.807) is 7.05 Å². The van der Waals surface area contributed by atoms with Gasteiger partial charge in [0.15, 0.2) is 5.75 Å². The first kappa shape index (κ1) is 8.01. The second-order valence-corrected chi connectivity index (χ2v) is 1.37. The summed E-state index contributed by atoms with van der Waals surface area (Å²) in [6.07, 6.45) is 2.92. The van der Waals surface area contributed by atoms with Gasteiger partial charge >= 0.3 is 29.6 Å². The molecule has 4 heteroatoms. The molecule has 0 aliphatic heterocycles. The summed E-state index contributed by atoms with van der Waals surface area (Å²) in [6.45, 7) is 0. The number of aromatic nitrogens is 2. The van der Waals surface area contributed by atoms with Gasteiger partial charge in [-0.2, -0.15) is 5.10 Å². The number of aryl methyl sites for hydroxylation is 1. The van der Waals surface area contributed by atoms with Crippen molar-refractivity contribution in [3.05, 3.63) is 12.4 Å². The Morgan fingerprint density at radius 1 is 1.88 bits per heavy atom. The van der Waals surface area contributed by atoms with Crippen LogP contribution in [0.1, 0.15) is 1.43 Å². The van der Waals surface area contributed by atoms with E-state index < -0.39 is 0 Å². The van der Waals surface area contributed by atoms with Gasteiger partial charge in [-0.1, -0.05) is 0 Å². The first-order valence-corrected chi connectivity index (χ1v) is 1.96. The Kier molecular flexibility index (Phi) is 3.12. The molecule has 0 aliphatic carbocycles. The minimum absolute atomic E-state index is 0. The van der Waals surface area contributed by atoms with Crippen molar-refractivity contribution in [1.82, 2.24) is 9.78 Å². The van der Waals surface area contributed by atoms with Crippen molar-refractivity contribution in [1.29, 1.82) is 0 Å². The average Bonchev–Trinajstić information content (AvgIpc) is 1.87. The van der Waals surface area contributed by atoms with Gasteiger partial charge in [-0.05, 0) is 0 Å². The smallest absolute Gasteiger partial charge is 1.00 e. The standard InChI is InChI=1S/C4H6N2O.Na.H/c1-6-3-4(7)2-5-6;;/h2-3,7H,1H3;;/q;+1;-1. The molecule has 0 fully saturated rings. The van der Waals surface area contributed by atoms with Gasteiger partial charge < -0.3 is 6.53 Å². The zero-order chi connectivity index (χ0) is 5.28. The molecule has 40 valence electrons. The van der Waals surface area contributed by atoms with Crippen LogP contribution in [0.5, 0.6) is 5.75 Å². The fourth-order valence-electron chi connectivity index (χ4n) is 0.408. The second-order valence-electron chi connectivity index (χ2n) is 1.37. The molecule has 1 N–H and O–H groups in total. The molecule has 1 aromatic rings. The van der Waals surface area contributed by atoms with Crippen LogP contribution in [0.25, 0.3) is 0 Å². The van der Waals surface area contributed by atoms with Crippen molar-refractivity contribution in [3.63, 3.8) is 0 Å². The van der Waals surface area contributed by atoms with Gasteiger partial charge in [0.25, 0.3) is 0 Å². The zero-order valence-electron chi connectivity index (χ0n) is 6.00. The van der Waals surface area contributed by atoms with Crippen molar-refractivity contribution in [3.8, 4) is 5.75 Å². The summed E-state index contributed by atoms with van der Waals surface area (Å²) < 4.78 is 1.54. The van der Waals surface area contributed by atoms with Gasteiger partial charge in [-0.25, -0.2) is 0 Å². The van der Waals surface area contributed by atoms with E-state index >= 15 is 0 Å². The van der Waals surface area contributed by atoms with Gasteiger partial charge in [-0.3, -0.25) is 4.68 Å². The summed E-state index contributed by atoms with van der Waals surface area (Å²) in [5.74, 6) is 0.211. The molecule has 0 radical (unpaired) electrons. The molecule has 0 aliphatic rings. The number of rotatable bonds is 0. The molecule has 0 saturated heterocycles. The molecule has 0 atom stereocenters. The molecule has 3 nitrogen and oxygen atoms in total. The van der Waals surface area contributed by atoms with Crippen LogP contribution in [-0.2, 0) is 7.05 Å². The van der Waals surface area contributed by atoms with Crippen molar-refractivity contribution in [2.45, 2.75) is 0 Å². The largest absolute Gasteiger partial charge is 1.00 e. The first-order valence-electron chi connectivity index (χ1n) is 1.96. The quantitative estimate of drug-likeness (QED) is 0.379. The van der Waals surface area contributed by atoms with E-state index in [1.165, 1.54) is 17.1 Å². The van der Waals surface area contributed by atoms with E-state index in [1.807, 2.05) is 0 Å². The maximum atomic E-state index is 8.57. The molecule has 0 saturated carbocycles. The number of hydrogen-bond donors (Lipinski definition) is 1. The van der Waals surface area contributed by atoms with Crippen molar-refractivity contribution in [2.75, 3.05) is 0 Å². The monoisotopic (exact) mass is 122 g/mol. The molecule has 1 aromatic heterocycles. The number of nitrogens with zero attached hydrogens (tertiary/aromatic N) is 2. The SMILES string of the molecule is Cn1cc(O)cn1.[H-].[Na+]. The molecule has 1 heterocycles. The van der Waals surface area contributed by atoms with Gasteiger partial charge in [0.2, 0.25) is 0 Å². The summed E-state index contributed by atoms with van der Waals surface area (Å²) in [7, 11) is 1.75. The Labute approximate surface area is 71.1 Å². The first-order chi connectivity index (χ1) is 3.29. The van der Waals surface area contributed by atoms with E-state index in [0.29, 0.717) is 0 Å². The Balaban J connectivity index is 0. The van der Waals surface area contributed by atoms with Gasteiger partial charge in [-0.15, -0.1) is 0 Å². The topological polar surface area (TPSA) is 38.0 Å². The van der Waals surface area contributed by atoms with E-state index in [2.05, 4.69) is 5.10 Å². The molecule has 8 heavy (non-hydrogen) atoms. The average molecular weight is 122 g/mol. The fraction of sp³-hybridized carbons (Fsp3) is 0.250. The predicted octanol–water partition coefficient (Wildman–Crippen LogP) is -2.76. The molecule has 0 unspecified atom stereocenters. The maximum Gasteiger partial charge on any atom is 1.00 e. The zero-order valence-corrected chi connectivity index (χ0v) is 7.00. The van der Waals surface area contributed by atoms with Crippen LogP contribution in [0.4, 0.5) is 0 Å². The maximum absolute atomic E-state index is 8.57. The van der Waals surface area contributed by atoms with Crippen LogP contribution in [-0.4, -0.2) is 14.9 Å². The Morgan fingerprint density at radius 2 is 2.50 bits per heavy atom. The van der Waals surface area contributed by atoms with E-state index in [0.717, 1.165) is 0 Å². The van der Waals surface area contributed by atoms with Crippen LogP contribution in [0.3, 0.4) is 0 Å². The minimum atomic E-state index is 0. The van der Waals surface area contributed by atoms with E-state index in [9.17, 15) is 0 Å². The molecule has 0 spiro atoms. The summed E-state index contributed by atoms with van der Waals surface area (Å²) in [5, 5.41) is 12.3. The van der Waals surface area contributed by atoms with Crippen molar-refractivity contribution >= 4 is 0 Å². The summed E-state index contributed by atoms with van der Waals surface area (Å²) in [4.78, 5) is 0.